The molecule has 1 spiro atoms. The van der Waals surface area contributed by atoms with Crippen molar-refractivity contribution in [2.24, 2.45) is 17.3 Å². The first kappa shape index (κ1) is 22.6. The quantitative estimate of drug-likeness (QED) is 0.592. The highest BCUT2D eigenvalue weighted by atomic mass is 19.4. The van der Waals surface area contributed by atoms with Gasteiger partial charge in [0.05, 0.1) is 19.3 Å². The van der Waals surface area contributed by atoms with Gasteiger partial charge in [-0.2, -0.15) is 18.2 Å². The Morgan fingerprint density at radius 1 is 1.23 bits per heavy atom. The molecule has 4 fully saturated rings. The van der Waals surface area contributed by atoms with Gasteiger partial charge >= 0.3 is 6.18 Å². The van der Waals surface area contributed by atoms with Crippen molar-refractivity contribution < 1.29 is 36.2 Å². The van der Waals surface area contributed by atoms with Gasteiger partial charge in [-0.05, 0) is 49.7 Å². The second-order valence-corrected chi connectivity index (χ2v) is 10.3. The fourth-order valence-corrected chi connectivity index (χ4v) is 5.48. The average molecular weight is 495 g/mol. The highest BCUT2D eigenvalue weighted by Crippen LogP contribution is 2.52. The van der Waals surface area contributed by atoms with Crippen LogP contribution in [0.2, 0.25) is 0 Å². The van der Waals surface area contributed by atoms with Gasteiger partial charge in [0.1, 0.15) is 12.2 Å². The molecule has 7 nitrogen and oxygen atoms in total. The maximum Gasteiger partial charge on any atom is 0.396 e. The zero-order chi connectivity index (χ0) is 24.4. The summed E-state index contributed by atoms with van der Waals surface area (Å²) in [4.78, 5) is 18.7. The van der Waals surface area contributed by atoms with Gasteiger partial charge in [-0.3, -0.25) is 4.79 Å². The molecule has 1 aromatic heterocycles. The highest BCUT2D eigenvalue weighted by Gasteiger charge is 2.47. The second-order valence-electron chi connectivity index (χ2n) is 10.3. The van der Waals surface area contributed by atoms with Gasteiger partial charge in [-0.1, -0.05) is 0 Å². The maximum atomic E-state index is 14.6. The molecule has 2 saturated carbocycles. The van der Waals surface area contributed by atoms with Crippen LogP contribution in [0.4, 0.5) is 29.3 Å². The SMILES string of the molecule is O=C(Nc1ccc(O[C@@H]2CC3C[C@@H]3C2)c(F)c1)c1nc(N2CCC3(COC3)C2)oc1CC(F)(F)F. The molecule has 1 unspecified atom stereocenters. The van der Waals surface area contributed by atoms with E-state index in [4.69, 9.17) is 13.9 Å². The average Bonchev–Trinajstić information content (AvgIpc) is 3.14. The normalized spacial score (nSPS) is 26.5. The number of amides is 1. The minimum atomic E-state index is -4.59. The first-order chi connectivity index (χ1) is 16.7. The number of aromatic nitrogens is 1. The van der Waals surface area contributed by atoms with Crippen molar-refractivity contribution in [1.82, 2.24) is 4.98 Å². The summed E-state index contributed by atoms with van der Waals surface area (Å²) >= 11 is 0. The molecule has 2 aliphatic carbocycles. The molecule has 2 saturated heterocycles. The van der Waals surface area contributed by atoms with Crippen LogP contribution >= 0.6 is 0 Å². The number of ether oxygens (including phenoxy) is 2. The Morgan fingerprint density at radius 3 is 2.63 bits per heavy atom. The molecule has 11 heteroatoms. The van der Waals surface area contributed by atoms with Crippen LogP contribution in [0.1, 0.15) is 41.9 Å². The van der Waals surface area contributed by atoms with Gasteiger partial charge in [-0.15, -0.1) is 0 Å². The number of nitrogens with one attached hydrogen (secondary N) is 1. The molecule has 0 bridgehead atoms. The third-order valence-corrected chi connectivity index (χ3v) is 7.47. The third kappa shape index (κ3) is 4.57. The molecule has 1 aromatic carbocycles. The summed E-state index contributed by atoms with van der Waals surface area (Å²) in [6, 6.07) is 3.94. The van der Waals surface area contributed by atoms with E-state index in [9.17, 15) is 22.4 Å². The van der Waals surface area contributed by atoms with Crippen molar-refractivity contribution in [1.29, 1.82) is 0 Å². The lowest BCUT2D eigenvalue weighted by molar-refractivity contribution is -0.130. The Bertz CT molecular complexity index is 1140. The van der Waals surface area contributed by atoms with Gasteiger partial charge in [-0.25, -0.2) is 4.39 Å². The number of benzene rings is 1. The number of alkyl halides is 3. The lowest BCUT2D eigenvalue weighted by atomic mass is 9.85. The van der Waals surface area contributed by atoms with Crippen LogP contribution in [-0.4, -0.2) is 49.5 Å². The molecular weight excluding hydrogens is 470 g/mol. The zero-order valence-corrected chi connectivity index (χ0v) is 18.9. The number of hydrogen-bond acceptors (Lipinski definition) is 6. The Labute approximate surface area is 198 Å². The predicted octanol–water partition coefficient (Wildman–Crippen LogP) is 4.57. The Morgan fingerprint density at radius 2 is 2.00 bits per heavy atom. The predicted molar refractivity (Wildman–Crippen MR) is 116 cm³/mol. The largest absolute Gasteiger partial charge is 0.487 e. The van der Waals surface area contributed by atoms with Crippen LogP contribution in [0.25, 0.3) is 0 Å². The van der Waals surface area contributed by atoms with E-state index in [0.29, 0.717) is 38.1 Å². The lowest BCUT2D eigenvalue weighted by Gasteiger charge is -2.37. The summed E-state index contributed by atoms with van der Waals surface area (Å²) in [7, 11) is 0. The summed E-state index contributed by atoms with van der Waals surface area (Å²) in [5.74, 6) is -0.648. The maximum absolute atomic E-state index is 14.6. The fraction of sp³-hybridized carbons (Fsp3) is 0.583. The summed E-state index contributed by atoms with van der Waals surface area (Å²) in [6.07, 6.45) is -2.17. The number of carbonyl (C=O) groups excluding carboxylic acids is 1. The monoisotopic (exact) mass is 495 g/mol. The summed E-state index contributed by atoms with van der Waals surface area (Å²) in [5.41, 5.74) is -0.418. The first-order valence-electron chi connectivity index (χ1n) is 11.8. The third-order valence-electron chi connectivity index (χ3n) is 7.47. The van der Waals surface area contributed by atoms with Gasteiger partial charge in [0.25, 0.3) is 11.9 Å². The van der Waals surface area contributed by atoms with E-state index in [1.165, 1.54) is 18.6 Å². The van der Waals surface area contributed by atoms with E-state index in [2.05, 4.69) is 10.3 Å². The second kappa shape index (κ2) is 8.11. The minimum Gasteiger partial charge on any atom is -0.487 e. The van der Waals surface area contributed by atoms with Crippen LogP contribution in [0.3, 0.4) is 0 Å². The van der Waals surface area contributed by atoms with Crippen LogP contribution in [0.15, 0.2) is 22.6 Å². The van der Waals surface area contributed by atoms with Gasteiger partial charge in [0.15, 0.2) is 17.3 Å². The Kier molecular flexibility index (Phi) is 5.24. The molecule has 3 heterocycles. The molecule has 4 aliphatic rings. The molecule has 1 N–H and O–H groups in total. The number of rotatable bonds is 6. The molecule has 3 atom stereocenters. The van der Waals surface area contributed by atoms with Crippen LogP contribution < -0.4 is 15.0 Å². The molecule has 1 amide bonds. The van der Waals surface area contributed by atoms with E-state index in [0.717, 1.165) is 25.3 Å². The molecular formula is C24H25F4N3O4. The summed E-state index contributed by atoms with van der Waals surface area (Å²) < 4.78 is 70.6. The molecule has 35 heavy (non-hydrogen) atoms. The topological polar surface area (TPSA) is 76.8 Å². The Hall–Kier alpha value is -2.82. The highest BCUT2D eigenvalue weighted by molar-refractivity contribution is 6.03. The first-order valence-corrected chi connectivity index (χ1v) is 11.8. The molecule has 188 valence electrons. The number of fused-ring (bicyclic) bond motifs is 1. The van der Waals surface area contributed by atoms with Crippen LogP contribution in [0.5, 0.6) is 5.75 Å². The number of nitrogens with zero attached hydrogens (tertiary/aromatic N) is 2. The van der Waals surface area contributed by atoms with Crippen LogP contribution in [0, 0.1) is 23.1 Å². The van der Waals surface area contributed by atoms with Crippen LogP contribution in [-0.2, 0) is 11.2 Å². The standard InChI is InChI=1S/C24H25F4N3O4/c25-17-8-15(1-2-18(17)34-16-6-13-5-14(13)7-16)29-21(32)20-19(9-24(26,27)28)35-22(30-20)31-4-3-23(10-31)11-33-12-23/h1-2,8,13-14,16H,3-7,9-12H2,(H,29,32)/t13-,14?,16+/m1/s1. The number of anilines is 2. The van der Waals surface area contributed by atoms with E-state index in [1.54, 1.807) is 4.90 Å². The van der Waals surface area contributed by atoms with Crippen molar-refractivity contribution in [2.45, 2.75) is 44.4 Å². The van der Waals surface area contributed by atoms with Gasteiger partial charge in [0.2, 0.25) is 0 Å². The Balaban J connectivity index is 1.17. The van der Waals surface area contributed by atoms with Gasteiger partial charge < -0.3 is 24.1 Å². The van der Waals surface area contributed by atoms with E-state index < -0.39 is 35.8 Å². The number of halogens is 4. The van der Waals surface area contributed by atoms with Crippen molar-refractivity contribution in [3.63, 3.8) is 0 Å². The number of carbonyl (C=O) groups is 1. The minimum absolute atomic E-state index is 0.0107. The summed E-state index contributed by atoms with van der Waals surface area (Å²) in [5, 5.41) is 2.44. The van der Waals surface area contributed by atoms with E-state index in [1.807, 2.05) is 0 Å². The number of oxazole rings is 1. The van der Waals surface area contributed by atoms with E-state index in [-0.39, 0.29) is 29.0 Å². The lowest BCUT2D eigenvalue weighted by Crippen LogP contribution is -2.44. The number of hydrogen-bond donors (Lipinski definition) is 1. The molecule has 2 aliphatic heterocycles. The van der Waals surface area contributed by atoms with Crippen molar-refractivity contribution in [2.75, 3.05) is 36.5 Å². The summed E-state index contributed by atoms with van der Waals surface area (Å²) in [6.45, 7) is 2.25. The van der Waals surface area contributed by atoms with Crippen molar-refractivity contribution >= 4 is 17.6 Å². The van der Waals surface area contributed by atoms with Crippen molar-refractivity contribution in [3.8, 4) is 5.75 Å². The zero-order valence-electron chi connectivity index (χ0n) is 18.9. The molecule has 6 rings (SSSR count). The van der Waals surface area contributed by atoms with Gasteiger partial charge in [0, 0.05) is 30.3 Å². The van der Waals surface area contributed by atoms with E-state index >= 15 is 0 Å². The smallest absolute Gasteiger partial charge is 0.396 e. The van der Waals surface area contributed by atoms with Crippen molar-refractivity contribution in [3.05, 3.63) is 35.5 Å². The fourth-order valence-electron chi connectivity index (χ4n) is 5.48. The molecule has 2 aromatic rings. The molecule has 0 radical (unpaired) electrons.